The third-order valence-corrected chi connectivity index (χ3v) is 1.71. The van der Waals surface area contributed by atoms with Crippen molar-refractivity contribution in [1.29, 1.82) is 0 Å². The molecule has 0 aliphatic heterocycles. The van der Waals surface area contributed by atoms with Gasteiger partial charge in [-0.05, 0) is 17.7 Å². The second-order valence-electron chi connectivity index (χ2n) is 2.18. The van der Waals surface area contributed by atoms with Gasteiger partial charge in [0, 0.05) is 6.20 Å². The van der Waals surface area contributed by atoms with Gasteiger partial charge in [0.15, 0.2) is 0 Å². The molecule has 0 aliphatic rings. The van der Waals surface area contributed by atoms with Gasteiger partial charge in [-0.15, -0.1) is 0 Å². The summed E-state index contributed by atoms with van der Waals surface area (Å²) in [6.07, 6.45) is 1.77. The van der Waals surface area contributed by atoms with E-state index >= 15 is 0 Å². The average Bonchev–Trinajstić information content (AvgIpc) is 2.34. The normalized spacial score (nSPS) is 10.6. The molecule has 0 spiro atoms. The Morgan fingerprint density at radius 2 is 2.45 bits per heavy atom. The minimum atomic E-state index is 0.321. The van der Waals surface area contributed by atoms with E-state index in [2.05, 4.69) is 15.0 Å². The van der Waals surface area contributed by atoms with Crippen LogP contribution in [0.15, 0.2) is 12.3 Å². The number of nitrogens with two attached hydrogens (primary N) is 1. The van der Waals surface area contributed by atoms with Gasteiger partial charge in [0.25, 0.3) is 0 Å². The lowest BCUT2D eigenvalue weighted by Crippen LogP contribution is -2.12. The van der Waals surface area contributed by atoms with Crippen LogP contribution < -0.4 is 10.7 Å². The van der Waals surface area contributed by atoms with Gasteiger partial charge in [-0.2, -0.15) is 0 Å². The molecular weight excluding hydrogens is 164 g/mol. The monoisotopic (exact) mass is 169 g/mol. The van der Waals surface area contributed by atoms with Crippen LogP contribution in [0.5, 0.6) is 0 Å². The third-order valence-electron chi connectivity index (χ3n) is 1.43. The third kappa shape index (κ3) is 0.914. The second-order valence-corrected chi connectivity index (χ2v) is 2.54. The van der Waals surface area contributed by atoms with Crippen LogP contribution >= 0.6 is 11.6 Å². The number of H-pyrrole nitrogens is 2. The zero-order valence-electron chi connectivity index (χ0n) is 5.56. The molecule has 11 heavy (non-hydrogen) atoms. The Bertz CT molecular complexity index is 394. The number of hydrogen-bond acceptors (Lipinski definition) is 2. The van der Waals surface area contributed by atoms with Crippen LogP contribution in [-0.4, -0.2) is 9.97 Å². The highest BCUT2D eigenvalue weighted by Crippen LogP contribution is 2.15. The van der Waals surface area contributed by atoms with E-state index in [1.165, 1.54) is 0 Å². The van der Waals surface area contributed by atoms with E-state index in [-0.39, 0.29) is 0 Å². The molecule has 56 valence electrons. The molecular formula is C6H6ClN4+. The van der Waals surface area contributed by atoms with Crippen LogP contribution in [0.4, 0.5) is 5.95 Å². The molecule has 0 fully saturated rings. The van der Waals surface area contributed by atoms with Crippen LogP contribution in [0, 0.1) is 0 Å². The predicted octanol–water partition coefficient (Wildman–Crippen LogP) is 0.613. The van der Waals surface area contributed by atoms with Gasteiger partial charge < -0.3 is 4.98 Å². The number of fused-ring (bicyclic) bond motifs is 1. The smallest absolute Gasteiger partial charge is 0.355 e. The molecule has 0 atom stereocenters. The number of aromatic nitrogens is 3. The van der Waals surface area contributed by atoms with Crippen molar-refractivity contribution in [2.24, 2.45) is 0 Å². The highest BCUT2D eigenvalue weighted by molar-refractivity contribution is 6.33. The summed E-state index contributed by atoms with van der Waals surface area (Å²) in [5.41, 5.74) is 7.06. The highest BCUT2D eigenvalue weighted by atomic mass is 35.5. The van der Waals surface area contributed by atoms with Crippen molar-refractivity contribution in [3.8, 4) is 0 Å². The molecule has 4 nitrogen and oxygen atoms in total. The summed E-state index contributed by atoms with van der Waals surface area (Å²) >= 11 is 5.76. The van der Waals surface area contributed by atoms with E-state index in [1.54, 1.807) is 6.20 Å². The van der Waals surface area contributed by atoms with Crippen molar-refractivity contribution >= 4 is 28.6 Å². The fraction of sp³-hybridized carbons (Fsp3) is 0. The van der Waals surface area contributed by atoms with E-state index < -0.39 is 0 Å². The molecule has 4 N–H and O–H groups in total. The predicted molar refractivity (Wildman–Crippen MR) is 42.1 cm³/mol. The van der Waals surface area contributed by atoms with E-state index in [0.717, 1.165) is 11.0 Å². The van der Waals surface area contributed by atoms with Crippen LogP contribution in [0.1, 0.15) is 0 Å². The zero-order chi connectivity index (χ0) is 7.84. The number of nitrogen functional groups attached to an aromatic ring is 1. The summed E-state index contributed by atoms with van der Waals surface area (Å²) in [5.74, 6) is 0.321. The fourth-order valence-corrected chi connectivity index (χ4v) is 1.22. The quantitative estimate of drug-likeness (QED) is 0.568. The highest BCUT2D eigenvalue weighted by Gasteiger charge is 2.08. The molecule has 2 aromatic heterocycles. The number of halogens is 1. The number of nitrogens with one attached hydrogen (secondary N) is 2. The molecule has 0 bridgehead atoms. The number of aromatic amines is 2. The zero-order valence-corrected chi connectivity index (χ0v) is 6.31. The molecule has 2 heterocycles. The van der Waals surface area contributed by atoms with Crippen molar-refractivity contribution in [3.05, 3.63) is 17.4 Å². The Morgan fingerprint density at radius 3 is 3.27 bits per heavy atom. The van der Waals surface area contributed by atoms with Crippen molar-refractivity contribution in [2.45, 2.75) is 0 Å². The van der Waals surface area contributed by atoms with E-state index in [1.807, 2.05) is 6.07 Å². The molecule has 2 rings (SSSR count). The first-order chi connectivity index (χ1) is 5.27. The van der Waals surface area contributed by atoms with Crippen molar-refractivity contribution in [1.82, 2.24) is 9.97 Å². The average molecular weight is 170 g/mol. The van der Waals surface area contributed by atoms with Gasteiger partial charge in [0.2, 0.25) is 5.15 Å². The Hall–Kier alpha value is -1.29. The minimum absolute atomic E-state index is 0.321. The Kier molecular flexibility index (Phi) is 1.22. The van der Waals surface area contributed by atoms with Crippen LogP contribution in [0.3, 0.4) is 0 Å². The maximum absolute atomic E-state index is 5.76. The molecule has 5 heteroatoms. The Balaban J connectivity index is 2.91. The largest absolute Gasteiger partial charge is 0.388 e. The fourth-order valence-electron chi connectivity index (χ4n) is 0.972. The lowest BCUT2D eigenvalue weighted by Gasteiger charge is -1.87. The summed E-state index contributed by atoms with van der Waals surface area (Å²) in [6, 6.07) is 1.85. The van der Waals surface area contributed by atoms with E-state index in [9.17, 15) is 0 Å². The number of hydrogen-bond donors (Lipinski definition) is 2. The van der Waals surface area contributed by atoms with Crippen molar-refractivity contribution in [3.63, 3.8) is 0 Å². The molecule has 0 aromatic carbocycles. The first-order valence-electron chi connectivity index (χ1n) is 3.09. The van der Waals surface area contributed by atoms with Gasteiger partial charge in [0.05, 0.1) is 0 Å². The molecule has 0 radical (unpaired) electrons. The molecule has 0 aliphatic carbocycles. The Morgan fingerprint density at radius 1 is 1.64 bits per heavy atom. The van der Waals surface area contributed by atoms with Crippen molar-refractivity contribution in [2.75, 3.05) is 5.73 Å². The van der Waals surface area contributed by atoms with Gasteiger partial charge in [-0.3, -0.25) is 5.73 Å². The minimum Gasteiger partial charge on any atom is -0.355 e. The maximum Gasteiger partial charge on any atom is 0.388 e. The van der Waals surface area contributed by atoms with Gasteiger partial charge in [-0.25, -0.2) is 4.98 Å². The number of nitrogens with zero attached hydrogens (tertiary/aromatic N) is 1. The molecule has 0 unspecified atom stereocenters. The number of anilines is 1. The molecule has 0 saturated carbocycles. The summed E-state index contributed by atoms with van der Waals surface area (Å²) in [7, 11) is 0. The first-order valence-corrected chi connectivity index (χ1v) is 3.46. The Labute approximate surface area is 67.4 Å². The van der Waals surface area contributed by atoms with E-state index in [0.29, 0.717) is 11.1 Å². The summed E-state index contributed by atoms with van der Waals surface area (Å²) < 4.78 is 0. The summed E-state index contributed by atoms with van der Waals surface area (Å²) in [6.45, 7) is 0. The standard InChI is InChI=1S/C6H5ClN4/c7-5-4-3(1-2-9-4)10-6(8)11-5/h1-2,9H,(H2,8,10,11)/p+1. The first kappa shape index (κ1) is 6.42. The van der Waals surface area contributed by atoms with Crippen molar-refractivity contribution < 1.29 is 4.98 Å². The van der Waals surface area contributed by atoms with Gasteiger partial charge >= 0.3 is 5.95 Å². The topological polar surface area (TPSA) is 68.8 Å². The maximum atomic E-state index is 5.76. The van der Waals surface area contributed by atoms with Gasteiger partial charge in [0.1, 0.15) is 11.0 Å². The lowest BCUT2D eigenvalue weighted by atomic mass is 10.5. The second kappa shape index (κ2) is 2.10. The lowest BCUT2D eigenvalue weighted by molar-refractivity contribution is -0.330. The molecule has 0 amide bonds. The van der Waals surface area contributed by atoms with E-state index in [4.69, 9.17) is 17.3 Å². The van der Waals surface area contributed by atoms with Crippen LogP contribution in [0.25, 0.3) is 11.0 Å². The summed E-state index contributed by atoms with van der Waals surface area (Å²) in [4.78, 5) is 9.63. The number of rotatable bonds is 0. The van der Waals surface area contributed by atoms with Crippen LogP contribution in [-0.2, 0) is 0 Å². The van der Waals surface area contributed by atoms with Crippen LogP contribution in [0.2, 0.25) is 5.15 Å². The SMILES string of the molecule is Nc1nc(Cl)c2[nH]ccc2[nH+]1. The molecule has 2 aromatic rings. The summed E-state index contributed by atoms with van der Waals surface area (Å²) in [5, 5.41) is 0.390. The molecule has 0 saturated heterocycles. The van der Waals surface area contributed by atoms with Gasteiger partial charge in [-0.1, -0.05) is 4.98 Å².